The Morgan fingerprint density at radius 3 is 2.55 bits per heavy atom. The van der Waals surface area contributed by atoms with E-state index < -0.39 is 12.6 Å². The first-order chi connectivity index (χ1) is 14.9. The molecular formula is C25H26N2O4. The number of hydrogen-bond donors (Lipinski definition) is 1. The van der Waals surface area contributed by atoms with Crippen molar-refractivity contribution in [3.8, 4) is 0 Å². The highest BCUT2D eigenvalue weighted by atomic mass is 16.5. The number of nitrogens with zero attached hydrogens (tertiary/aromatic N) is 1. The molecule has 0 spiro atoms. The first kappa shape index (κ1) is 20.8. The summed E-state index contributed by atoms with van der Waals surface area (Å²) in [6, 6.07) is 13.2. The van der Waals surface area contributed by atoms with E-state index in [1.807, 2.05) is 19.1 Å². The highest BCUT2D eigenvalue weighted by molar-refractivity contribution is 6.10. The van der Waals surface area contributed by atoms with Crippen molar-refractivity contribution in [1.82, 2.24) is 10.2 Å². The summed E-state index contributed by atoms with van der Waals surface area (Å²) in [5.74, 6) is -1.32. The molecule has 4 rings (SSSR count). The van der Waals surface area contributed by atoms with Crippen LogP contribution in [-0.4, -0.2) is 35.8 Å². The molecule has 2 aromatic carbocycles. The van der Waals surface area contributed by atoms with Crippen molar-refractivity contribution < 1.29 is 19.1 Å². The topological polar surface area (TPSA) is 75.7 Å². The number of esters is 1. The Morgan fingerprint density at radius 1 is 1.10 bits per heavy atom. The van der Waals surface area contributed by atoms with E-state index >= 15 is 0 Å². The van der Waals surface area contributed by atoms with Crippen LogP contribution in [0.3, 0.4) is 0 Å². The molecule has 6 nitrogen and oxygen atoms in total. The zero-order valence-corrected chi connectivity index (χ0v) is 17.6. The zero-order chi connectivity index (χ0) is 22.0. The van der Waals surface area contributed by atoms with Gasteiger partial charge in [-0.3, -0.25) is 19.3 Å². The van der Waals surface area contributed by atoms with Crippen LogP contribution in [0.2, 0.25) is 0 Å². The minimum absolute atomic E-state index is 0.187. The molecule has 1 heterocycles. The van der Waals surface area contributed by atoms with Crippen molar-refractivity contribution in [2.45, 2.75) is 38.6 Å². The second-order valence-electron chi connectivity index (χ2n) is 8.07. The maximum Gasteiger partial charge on any atom is 0.326 e. The minimum Gasteiger partial charge on any atom is -0.454 e. The van der Waals surface area contributed by atoms with Gasteiger partial charge in [-0.15, -0.1) is 0 Å². The fourth-order valence-corrected chi connectivity index (χ4v) is 4.21. The van der Waals surface area contributed by atoms with Crippen LogP contribution >= 0.6 is 0 Å². The van der Waals surface area contributed by atoms with Gasteiger partial charge in [-0.25, -0.2) is 0 Å². The summed E-state index contributed by atoms with van der Waals surface area (Å²) in [5.41, 5.74) is 5.46. The number of carbonyl (C=O) groups is 3. The molecular weight excluding hydrogens is 392 g/mol. The largest absolute Gasteiger partial charge is 0.454 e. The summed E-state index contributed by atoms with van der Waals surface area (Å²) in [4.78, 5) is 38.2. The van der Waals surface area contributed by atoms with Gasteiger partial charge in [0.25, 0.3) is 11.8 Å². The van der Waals surface area contributed by atoms with Gasteiger partial charge in [0.05, 0.1) is 6.04 Å². The van der Waals surface area contributed by atoms with Gasteiger partial charge in [0.2, 0.25) is 0 Å². The lowest BCUT2D eigenvalue weighted by Crippen LogP contribution is -2.34. The minimum atomic E-state index is -0.654. The maximum atomic E-state index is 12.5. The fraction of sp³-hybridized carbons (Fsp3) is 0.320. The third-order valence-electron chi connectivity index (χ3n) is 5.94. The number of aryl methyl sites for hydroxylation is 2. The summed E-state index contributed by atoms with van der Waals surface area (Å²) in [6.07, 6.45) is 4.62. The van der Waals surface area contributed by atoms with Crippen LogP contribution in [0.15, 0.2) is 49.0 Å². The Balaban J connectivity index is 1.28. The summed E-state index contributed by atoms with van der Waals surface area (Å²) >= 11 is 0. The highest BCUT2D eigenvalue weighted by Crippen LogP contribution is 2.30. The number of nitrogens with one attached hydrogen (secondary N) is 1. The standard InChI is InChI=1S/C25H26N2O4/c1-16(19-12-11-18-7-3-4-8-20(18)13-19)26-23(28)15-31-24(29)14-27-17(2)21-9-5-6-10-22(21)25(27)30/h5-6,9-13,16H,2-4,7-8,14-15H2,1H3,(H,26,28). The van der Waals surface area contributed by atoms with Gasteiger partial charge >= 0.3 is 5.97 Å². The van der Waals surface area contributed by atoms with Crippen molar-refractivity contribution in [3.63, 3.8) is 0 Å². The molecule has 0 radical (unpaired) electrons. The molecule has 0 saturated carbocycles. The summed E-state index contributed by atoms with van der Waals surface area (Å²) in [6.45, 7) is 5.14. The summed E-state index contributed by atoms with van der Waals surface area (Å²) in [7, 11) is 0. The quantitative estimate of drug-likeness (QED) is 0.730. The van der Waals surface area contributed by atoms with E-state index in [4.69, 9.17) is 4.74 Å². The average Bonchev–Trinajstić information content (AvgIpc) is 3.02. The van der Waals surface area contributed by atoms with Crippen LogP contribution in [0.1, 0.15) is 58.4 Å². The highest BCUT2D eigenvalue weighted by Gasteiger charge is 2.32. The van der Waals surface area contributed by atoms with Crippen molar-refractivity contribution in [1.29, 1.82) is 0 Å². The van der Waals surface area contributed by atoms with E-state index in [0.717, 1.165) is 18.4 Å². The van der Waals surface area contributed by atoms with Gasteiger partial charge in [-0.05, 0) is 55.4 Å². The molecule has 6 heteroatoms. The molecule has 1 atom stereocenters. The zero-order valence-electron chi connectivity index (χ0n) is 17.6. The van der Waals surface area contributed by atoms with Crippen molar-refractivity contribution in [2.24, 2.45) is 0 Å². The third-order valence-corrected chi connectivity index (χ3v) is 5.94. The Kier molecular flexibility index (Phi) is 5.89. The second kappa shape index (κ2) is 8.76. The van der Waals surface area contributed by atoms with Gasteiger partial charge in [0.15, 0.2) is 6.61 Å². The normalized spacial score (nSPS) is 15.8. The fourth-order valence-electron chi connectivity index (χ4n) is 4.21. The van der Waals surface area contributed by atoms with Crippen LogP contribution in [0, 0.1) is 0 Å². The lowest BCUT2D eigenvalue weighted by Gasteiger charge is -2.20. The molecule has 0 fully saturated rings. The maximum absolute atomic E-state index is 12.5. The van der Waals surface area contributed by atoms with Gasteiger partial charge in [-0.1, -0.05) is 43.0 Å². The number of carbonyl (C=O) groups excluding carboxylic acids is 3. The van der Waals surface area contributed by atoms with Crippen molar-refractivity contribution in [3.05, 3.63) is 76.9 Å². The SMILES string of the molecule is C=C1c2ccccc2C(=O)N1CC(=O)OCC(=O)NC(C)c1ccc2c(c1)CCCC2. The first-order valence-electron chi connectivity index (χ1n) is 10.6. The van der Waals surface area contributed by atoms with E-state index in [1.165, 1.54) is 28.9 Å². The summed E-state index contributed by atoms with van der Waals surface area (Å²) < 4.78 is 5.10. The monoisotopic (exact) mass is 418 g/mol. The molecule has 2 amide bonds. The summed E-state index contributed by atoms with van der Waals surface area (Å²) in [5, 5.41) is 2.87. The predicted molar refractivity (Wildman–Crippen MR) is 117 cm³/mol. The molecule has 1 aliphatic heterocycles. The van der Waals surface area contributed by atoms with E-state index in [-0.39, 0.29) is 24.4 Å². The first-order valence-corrected chi connectivity index (χ1v) is 10.6. The van der Waals surface area contributed by atoms with Crippen molar-refractivity contribution in [2.75, 3.05) is 13.2 Å². The van der Waals surface area contributed by atoms with E-state index in [0.29, 0.717) is 16.8 Å². The van der Waals surface area contributed by atoms with E-state index in [2.05, 4.69) is 24.0 Å². The van der Waals surface area contributed by atoms with Gasteiger partial charge in [0, 0.05) is 16.8 Å². The number of hydrogen-bond acceptors (Lipinski definition) is 4. The molecule has 31 heavy (non-hydrogen) atoms. The Morgan fingerprint density at radius 2 is 1.81 bits per heavy atom. The number of ether oxygens (including phenoxy) is 1. The Labute approximate surface area is 181 Å². The molecule has 160 valence electrons. The lowest BCUT2D eigenvalue weighted by atomic mass is 9.89. The van der Waals surface area contributed by atoms with Gasteiger partial charge in [-0.2, -0.15) is 0 Å². The average molecular weight is 418 g/mol. The second-order valence-corrected chi connectivity index (χ2v) is 8.07. The molecule has 1 aliphatic carbocycles. The molecule has 0 saturated heterocycles. The van der Waals surface area contributed by atoms with Crippen LogP contribution in [0.25, 0.3) is 5.70 Å². The Bertz CT molecular complexity index is 1020. The number of benzene rings is 2. The van der Waals surface area contributed by atoms with Crippen LogP contribution in [-0.2, 0) is 27.2 Å². The smallest absolute Gasteiger partial charge is 0.326 e. The number of amides is 2. The molecule has 0 aromatic heterocycles. The van der Waals surface area contributed by atoms with Crippen LogP contribution < -0.4 is 5.32 Å². The molecule has 1 N–H and O–H groups in total. The molecule has 1 unspecified atom stereocenters. The van der Waals surface area contributed by atoms with Crippen LogP contribution in [0.4, 0.5) is 0 Å². The van der Waals surface area contributed by atoms with Gasteiger partial charge < -0.3 is 10.1 Å². The van der Waals surface area contributed by atoms with Gasteiger partial charge in [0.1, 0.15) is 6.54 Å². The van der Waals surface area contributed by atoms with Crippen molar-refractivity contribution >= 4 is 23.5 Å². The van der Waals surface area contributed by atoms with Crippen LogP contribution in [0.5, 0.6) is 0 Å². The number of rotatable bonds is 6. The van der Waals surface area contributed by atoms with E-state index in [1.54, 1.807) is 18.2 Å². The van der Waals surface area contributed by atoms with E-state index in [9.17, 15) is 14.4 Å². The third kappa shape index (κ3) is 4.38. The Hall–Kier alpha value is -3.41. The molecule has 0 bridgehead atoms. The lowest BCUT2D eigenvalue weighted by molar-refractivity contribution is -0.148. The number of fused-ring (bicyclic) bond motifs is 2. The molecule has 2 aromatic rings. The molecule has 2 aliphatic rings. The predicted octanol–water partition coefficient (Wildman–Crippen LogP) is 3.41.